The van der Waals surface area contributed by atoms with Crippen LogP contribution in [0.25, 0.3) is 0 Å². The van der Waals surface area contributed by atoms with Crippen LogP contribution in [-0.2, 0) is 13.1 Å². The van der Waals surface area contributed by atoms with E-state index in [1.807, 2.05) is 6.07 Å². The maximum absolute atomic E-state index is 14.0. The van der Waals surface area contributed by atoms with Crippen molar-refractivity contribution in [2.45, 2.75) is 13.1 Å². The van der Waals surface area contributed by atoms with E-state index in [4.69, 9.17) is 11.1 Å². The van der Waals surface area contributed by atoms with Gasteiger partial charge < -0.3 is 10.8 Å². The van der Waals surface area contributed by atoms with E-state index in [9.17, 15) is 14.3 Å². The first-order valence-corrected chi connectivity index (χ1v) is 6.64. The standard InChI is InChI=1S/C16H16FN3O2/c17-14-8-12(9-18)6-7-13(14)15(19)20(16(21)22)10-11-4-2-1-3-5-11/h1-8,19H,9-10,18H2,(H,21,22). The number of nitrogens with zero attached hydrogens (tertiary/aromatic N) is 1. The van der Waals surface area contributed by atoms with Gasteiger partial charge in [-0.2, -0.15) is 0 Å². The summed E-state index contributed by atoms with van der Waals surface area (Å²) < 4.78 is 14.0. The first kappa shape index (κ1) is 15.7. The Bertz CT molecular complexity index is 689. The van der Waals surface area contributed by atoms with Crippen LogP contribution in [0.1, 0.15) is 16.7 Å². The largest absolute Gasteiger partial charge is 0.465 e. The molecule has 0 aliphatic carbocycles. The van der Waals surface area contributed by atoms with E-state index in [0.29, 0.717) is 11.1 Å². The van der Waals surface area contributed by atoms with E-state index < -0.39 is 17.7 Å². The Hall–Kier alpha value is -2.73. The van der Waals surface area contributed by atoms with Crippen molar-refractivity contribution >= 4 is 11.9 Å². The highest BCUT2D eigenvalue weighted by atomic mass is 19.1. The monoisotopic (exact) mass is 301 g/mol. The highest BCUT2D eigenvalue weighted by Gasteiger charge is 2.21. The lowest BCUT2D eigenvalue weighted by Crippen LogP contribution is -2.35. The van der Waals surface area contributed by atoms with E-state index >= 15 is 0 Å². The molecule has 0 aliphatic heterocycles. The van der Waals surface area contributed by atoms with Gasteiger partial charge in [-0.25, -0.2) is 9.18 Å². The molecular weight excluding hydrogens is 285 g/mol. The maximum atomic E-state index is 14.0. The number of amidine groups is 1. The van der Waals surface area contributed by atoms with Crippen LogP contribution in [0.15, 0.2) is 48.5 Å². The minimum atomic E-state index is -1.31. The number of carboxylic acid groups (broad SMARTS) is 1. The Labute approximate surface area is 127 Å². The summed E-state index contributed by atoms with van der Waals surface area (Å²) in [5.74, 6) is -1.07. The zero-order valence-electron chi connectivity index (χ0n) is 11.8. The molecule has 0 aliphatic rings. The Balaban J connectivity index is 2.29. The molecule has 0 atom stereocenters. The molecule has 1 amide bonds. The van der Waals surface area contributed by atoms with E-state index in [2.05, 4.69) is 0 Å². The Kier molecular flexibility index (Phi) is 4.85. The van der Waals surface area contributed by atoms with E-state index in [0.717, 1.165) is 4.90 Å². The molecule has 0 bridgehead atoms. The molecule has 5 nitrogen and oxygen atoms in total. The number of carbonyl (C=O) groups is 1. The number of amides is 1. The minimum Gasteiger partial charge on any atom is -0.465 e. The lowest BCUT2D eigenvalue weighted by atomic mass is 10.1. The molecule has 0 unspecified atom stereocenters. The van der Waals surface area contributed by atoms with Gasteiger partial charge in [0.05, 0.1) is 12.1 Å². The summed E-state index contributed by atoms with van der Waals surface area (Å²) in [6, 6.07) is 13.0. The van der Waals surface area contributed by atoms with Gasteiger partial charge in [0.1, 0.15) is 11.7 Å². The lowest BCUT2D eigenvalue weighted by molar-refractivity contribution is 0.167. The van der Waals surface area contributed by atoms with Crippen LogP contribution < -0.4 is 5.73 Å². The molecule has 0 fully saturated rings. The molecule has 0 heterocycles. The van der Waals surface area contributed by atoms with Crippen LogP contribution in [0.3, 0.4) is 0 Å². The van der Waals surface area contributed by atoms with Gasteiger partial charge in [0.15, 0.2) is 0 Å². The third-order valence-electron chi connectivity index (χ3n) is 3.21. The van der Waals surface area contributed by atoms with Crippen LogP contribution in [0.2, 0.25) is 0 Å². The summed E-state index contributed by atoms with van der Waals surface area (Å²) in [6.45, 7) is 0.157. The molecule has 0 radical (unpaired) electrons. The Morgan fingerprint density at radius 1 is 1.18 bits per heavy atom. The van der Waals surface area contributed by atoms with Crippen molar-refractivity contribution in [1.29, 1.82) is 5.41 Å². The number of nitrogens with one attached hydrogen (secondary N) is 1. The van der Waals surface area contributed by atoms with Crippen molar-refractivity contribution in [3.63, 3.8) is 0 Å². The fourth-order valence-corrected chi connectivity index (χ4v) is 2.03. The maximum Gasteiger partial charge on any atom is 0.413 e. The average molecular weight is 301 g/mol. The first-order chi connectivity index (χ1) is 10.5. The lowest BCUT2D eigenvalue weighted by Gasteiger charge is -2.20. The molecule has 4 N–H and O–H groups in total. The van der Waals surface area contributed by atoms with Crippen LogP contribution in [-0.4, -0.2) is 21.9 Å². The van der Waals surface area contributed by atoms with Gasteiger partial charge in [-0.1, -0.05) is 36.4 Å². The Morgan fingerprint density at radius 3 is 2.41 bits per heavy atom. The highest BCUT2D eigenvalue weighted by molar-refractivity contribution is 6.04. The number of hydrogen-bond donors (Lipinski definition) is 3. The van der Waals surface area contributed by atoms with Crippen molar-refractivity contribution in [1.82, 2.24) is 4.90 Å². The summed E-state index contributed by atoms with van der Waals surface area (Å²) in [5.41, 5.74) is 6.66. The molecule has 2 aromatic carbocycles. The summed E-state index contributed by atoms with van der Waals surface area (Å²) in [4.78, 5) is 12.2. The summed E-state index contributed by atoms with van der Waals surface area (Å²) in [5, 5.41) is 17.3. The number of halogens is 1. The average Bonchev–Trinajstić information content (AvgIpc) is 2.52. The first-order valence-electron chi connectivity index (χ1n) is 6.64. The van der Waals surface area contributed by atoms with Crippen LogP contribution in [0, 0.1) is 11.2 Å². The topological polar surface area (TPSA) is 90.4 Å². The van der Waals surface area contributed by atoms with E-state index in [1.54, 1.807) is 30.3 Å². The molecule has 114 valence electrons. The van der Waals surface area contributed by atoms with Gasteiger partial charge in [0.2, 0.25) is 0 Å². The van der Waals surface area contributed by atoms with Crippen LogP contribution in [0.5, 0.6) is 0 Å². The van der Waals surface area contributed by atoms with Gasteiger partial charge in [0, 0.05) is 6.54 Å². The molecule has 0 spiro atoms. The third kappa shape index (κ3) is 3.48. The molecule has 2 rings (SSSR count). The molecule has 0 saturated carbocycles. The molecule has 2 aromatic rings. The van der Waals surface area contributed by atoms with Crippen molar-refractivity contribution in [2.24, 2.45) is 5.73 Å². The third-order valence-corrected chi connectivity index (χ3v) is 3.21. The van der Waals surface area contributed by atoms with Gasteiger partial charge in [-0.15, -0.1) is 0 Å². The SMILES string of the molecule is N=C(c1ccc(CN)cc1F)N(Cc1ccccc1)C(=O)O. The molecule has 6 heteroatoms. The van der Waals surface area contributed by atoms with E-state index in [1.165, 1.54) is 12.1 Å². The summed E-state index contributed by atoms with van der Waals surface area (Å²) in [7, 11) is 0. The van der Waals surface area contributed by atoms with Crippen molar-refractivity contribution in [2.75, 3.05) is 0 Å². The highest BCUT2D eigenvalue weighted by Crippen LogP contribution is 2.15. The molecule has 22 heavy (non-hydrogen) atoms. The number of nitrogens with two attached hydrogens (primary N) is 1. The minimum absolute atomic E-state index is 0.0207. The van der Waals surface area contributed by atoms with Gasteiger partial charge >= 0.3 is 6.09 Å². The summed E-state index contributed by atoms with van der Waals surface area (Å²) >= 11 is 0. The summed E-state index contributed by atoms with van der Waals surface area (Å²) in [6.07, 6.45) is -1.31. The second-order valence-electron chi connectivity index (χ2n) is 4.72. The molecular formula is C16H16FN3O2. The number of hydrogen-bond acceptors (Lipinski definition) is 3. The van der Waals surface area contributed by atoms with Gasteiger partial charge in [-0.05, 0) is 23.3 Å². The number of benzene rings is 2. The number of rotatable bonds is 4. The zero-order chi connectivity index (χ0) is 16.1. The second-order valence-corrected chi connectivity index (χ2v) is 4.72. The van der Waals surface area contributed by atoms with Gasteiger partial charge in [-0.3, -0.25) is 10.3 Å². The van der Waals surface area contributed by atoms with E-state index in [-0.39, 0.29) is 18.7 Å². The van der Waals surface area contributed by atoms with Crippen molar-refractivity contribution in [3.8, 4) is 0 Å². The molecule has 0 saturated heterocycles. The Morgan fingerprint density at radius 2 is 1.86 bits per heavy atom. The zero-order valence-corrected chi connectivity index (χ0v) is 11.8. The van der Waals surface area contributed by atoms with Crippen molar-refractivity contribution in [3.05, 3.63) is 71.0 Å². The van der Waals surface area contributed by atoms with Crippen LogP contribution in [0.4, 0.5) is 9.18 Å². The smallest absolute Gasteiger partial charge is 0.413 e. The van der Waals surface area contributed by atoms with Gasteiger partial charge in [0.25, 0.3) is 0 Å². The predicted octanol–water partition coefficient (Wildman–Crippen LogP) is 2.79. The quantitative estimate of drug-likeness (QED) is 0.599. The molecule has 0 aromatic heterocycles. The van der Waals surface area contributed by atoms with Crippen molar-refractivity contribution < 1.29 is 14.3 Å². The fraction of sp³-hybridized carbons (Fsp3) is 0.125. The second kappa shape index (κ2) is 6.82. The normalized spacial score (nSPS) is 10.3. The predicted molar refractivity (Wildman–Crippen MR) is 81.1 cm³/mol. The fourth-order valence-electron chi connectivity index (χ4n) is 2.03. The van der Waals surface area contributed by atoms with Crippen LogP contribution >= 0.6 is 0 Å².